The molecule has 0 aromatic heterocycles. The highest BCUT2D eigenvalue weighted by Crippen LogP contribution is 2.46. The molecule has 2 nitrogen and oxygen atoms in total. The first-order chi connectivity index (χ1) is 11.1. The van der Waals surface area contributed by atoms with Crippen molar-refractivity contribution in [1.82, 2.24) is 0 Å². The van der Waals surface area contributed by atoms with E-state index >= 15 is 0 Å². The Labute approximate surface area is 145 Å². The Kier molecular flexibility index (Phi) is 5.71. The molecule has 1 aromatic carbocycles. The average Bonchev–Trinajstić information content (AvgIpc) is 2.62. The summed E-state index contributed by atoms with van der Waals surface area (Å²) in [7, 11) is 0. The zero-order valence-corrected chi connectivity index (χ0v) is 14.8. The number of aliphatic hydroxyl groups is 2. The van der Waals surface area contributed by atoms with E-state index in [1.807, 2.05) is 24.3 Å². The summed E-state index contributed by atoms with van der Waals surface area (Å²) >= 11 is 4.45. The third-order valence-corrected chi connectivity index (χ3v) is 6.36. The SMILES string of the molecule is OC(C1CCCCC1)C(O)(c1cccc(S)c1)C1CCCCC1. The second-order valence-corrected chi connectivity index (χ2v) is 8.07. The molecule has 3 rings (SSSR count). The van der Waals surface area contributed by atoms with E-state index < -0.39 is 11.7 Å². The summed E-state index contributed by atoms with van der Waals surface area (Å²) in [4.78, 5) is 0.854. The molecule has 0 aliphatic heterocycles. The van der Waals surface area contributed by atoms with Crippen LogP contribution < -0.4 is 0 Å². The molecule has 1 aromatic rings. The van der Waals surface area contributed by atoms with Crippen molar-refractivity contribution in [3.8, 4) is 0 Å². The normalized spacial score (nSPS) is 25.0. The van der Waals surface area contributed by atoms with Gasteiger partial charge in [-0.2, -0.15) is 0 Å². The van der Waals surface area contributed by atoms with Crippen molar-refractivity contribution in [2.45, 2.75) is 80.8 Å². The molecule has 2 unspecified atom stereocenters. The van der Waals surface area contributed by atoms with Gasteiger partial charge in [-0.3, -0.25) is 0 Å². The Bertz CT molecular complexity index is 506. The highest BCUT2D eigenvalue weighted by molar-refractivity contribution is 7.80. The number of hydrogen-bond acceptors (Lipinski definition) is 3. The van der Waals surface area contributed by atoms with Crippen molar-refractivity contribution in [1.29, 1.82) is 0 Å². The van der Waals surface area contributed by atoms with Crippen LogP contribution in [-0.2, 0) is 5.60 Å². The lowest BCUT2D eigenvalue weighted by molar-refractivity contribution is -0.154. The molecule has 0 bridgehead atoms. The molecule has 0 amide bonds. The zero-order chi connectivity index (χ0) is 16.3. The molecule has 3 heteroatoms. The number of rotatable bonds is 4. The van der Waals surface area contributed by atoms with Crippen molar-refractivity contribution in [2.24, 2.45) is 11.8 Å². The van der Waals surface area contributed by atoms with Gasteiger partial charge in [-0.05, 0) is 55.2 Å². The molecule has 2 N–H and O–H groups in total. The Morgan fingerprint density at radius 3 is 2.17 bits per heavy atom. The Morgan fingerprint density at radius 1 is 0.957 bits per heavy atom. The van der Waals surface area contributed by atoms with E-state index in [9.17, 15) is 10.2 Å². The van der Waals surface area contributed by atoms with Crippen LogP contribution in [0.5, 0.6) is 0 Å². The van der Waals surface area contributed by atoms with Crippen molar-refractivity contribution in [2.75, 3.05) is 0 Å². The molecule has 0 heterocycles. The van der Waals surface area contributed by atoms with Crippen LogP contribution in [0.15, 0.2) is 29.2 Å². The smallest absolute Gasteiger partial charge is 0.118 e. The molecule has 128 valence electrons. The lowest BCUT2D eigenvalue weighted by atomic mass is 9.66. The lowest BCUT2D eigenvalue weighted by Gasteiger charge is -2.45. The molecule has 2 saturated carbocycles. The maximum atomic E-state index is 11.8. The Hall–Kier alpha value is -0.510. The molecule has 0 saturated heterocycles. The van der Waals surface area contributed by atoms with Crippen LogP contribution in [0.25, 0.3) is 0 Å². The summed E-state index contributed by atoms with van der Waals surface area (Å²) in [5, 5.41) is 23.0. The van der Waals surface area contributed by atoms with Gasteiger partial charge in [-0.1, -0.05) is 50.7 Å². The number of thiol groups is 1. The van der Waals surface area contributed by atoms with Crippen LogP contribution in [-0.4, -0.2) is 16.3 Å². The van der Waals surface area contributed by atoms with Gasteiger partial charge in [0.25, 0.3) is 0 Å². The maximum absolute atomic E-state index is 11.8. The predicted octanol–water partition coefficient (Wildman–Crippen LogP) is 4.68. The topological polar surface area (TPSA) is 40.5 Å². The summed E-state index contributed by atoms with van der Waals surface area (Å²) < 4.78 is 0. The lowest BCUT2D eigenvalue weighted by Crippen LogP contribution is -2.50. The molecular weight excluding hydrogens is 304 g/mol. The van der Waals surface area contributed by atoms with Gasteiger partial charge in [0, 0.05) is 4.90 Å². The fourth-order valence-corrected chi connectivity index (χ4v) is 4.98. The van der Waals surface area contributed by atoms with Crippen LogP contribution in [0, 0.1) is 11.8 Å². The van der Waals surface area contributed by atoms with Gasteiger partial charge in [0.2, 0.25) is 0 Å². The van der Waals surface area contributed by atoms with Gasteiger partial charge in [0.05, 0.1) is 6.10 Å². The summed E-state index contributed by atoms with van der Waals surface area (Å²) in [6.07, 6.45) is 10.6. The third kappa shape index (κ3) is 3.62. The fourth-order valence-electron chi connectivity index (χ4n) is 4.75. The fraction of sp³-hybridized carbons (Fsp3) is 0.700. The van der Waals surface area contributed by atoms with Crippen molar-refractivity contribution >= 4 is 12.6 Å². The van der Waals surface area contributed by atoms with Gasteiger partial charge in [0.15, 0.2) is 0 Å². The van der Waals surface area contributed by atoms with Crippen LogP contribution in [0.2, 0.25) is 0 Å². The number of benzene rings is 1. The molecule has 0 spiro atoms. The Morgan fingerprint density at radius 2 is 1.57 bits per heavy atom. The summed E-state index contributed by atoms with van der Waals surface area (Å²) in [5.41, 5.74) is -0.267. The van der Waals surface area contributed by atoms with Crippen molar-refractivity contribution < 1.29 is 10.2 Å². The van der Waals surface area contributed by atoms with Gasteiger partial charge < -0.3 is 10.2 Å². The van der Waals surface area contributed by atoms with E-state index in [4.69, 9.17) is 0 Å². The first-order valence-corrected chi connectivity index (χ1v) is 9.77. The van der Waals surface area contributed by atoms with E-state index in [1.54, 1.807) is 0 Å². The van der Waals surface area contributed by atoms with Gasteiger partial charge in [-0.15, -0.1) is 12.6 Å². The van der Waals surface area contributed by atoms with E-state index in [1.165, 1.54) is 25.7 Å². The summed E-state index contributed by atoms with van der Waals surface area (Å²) in [6.45, 7) is 0. The van der Waals surface area contributed by atoms with Crippen molar-refractivity contribution in [3.63, 3.8) is 0 Å². The molecule has 2 aliphatic carbocycles. The minimum absolute atomic E-state index is 0.156. The maximum Gasteiger partial charge on any atom is 0.118 e. The van der Waals surface area contributed by atoms with E-state index in [-0.39, 0.29) is 11.8 Å². The van der Waals surface area contributed by atoms with Crippen molar-refractivity contribution in [3.05, 3.63) is 29.8 Å². The third-order valence-electron chi connectivity index (χ3n) is 6.08. The second-order valence-electron chi connectivity index (χ2n) is 7.55. The molecule has 23 heavy (non-hydrogen) atoms. The highest BCUT2D eigenvalue weighted by Gasteiger charge is 2.47. The Balaban J connectivity index is 1.94. The largest absolute Gasteiger partial charge is 0.389 e. The van der Waals surface area contributed by atoms with Crippen LogP contribution in [0.3, 0.4) is 0 Å². The average molecular weight is 335 g/mol. The van der Waals surface area contributed by atoms with E-state index in [2.05, 4.69) is 12.6 Å². The predicted molar refractivity (Wildman–Crippen MR) is 96.7 cm³/mol. The monoisotopic (exact) mass is 334 g/mol. The minimum Gasteiger partial charge on any atom is -0.389 e. The highest BCUT2D eigenvalue weighted by atomic mass is 32.1. The first-order valence-electron chi connectivity index (χ1n) is 9.32. The van der Waals surface area contributed by atoms with Gasteiger partial charge in [0.1, 0.15) is 5.60 Å². The molecular formula is C20H30O2S. The molecule has 2 atom stereocenters. The van der Waals surface area contributed by atoms with Gasteiger partial charge >= 0.3 is 0 Å². The van der Waals surface area contributed by atoms with Crippen LogP contribution >= 0.6 is 12.6 Å². The first kappa shape index (κ1) is 17.3. The number of hydrogen-bond donors (Lipinski definition) is 3. The summed E-state index contributed by atoms with van der Waals surface area (Å²) in [5.74, 6) is 0.377. The second kappa shape index (κ2) is 7.58. The standard InChI is InChI=1S/C20H30O2S/c21-19(15-8-3-1-4-9-15)20(22,16-10-5-2-6-11-16)17-12-7-13-18(23)14-17/h7,12-16,19,21-23H,1-6,8-11H2. The van der Waals surface area contributed by atoms with Crippen LogP contribution in [0.1, 0.15) is 69.8 Å². The zero-order valence-electron chi connectivity index (χ0n) is 14.0. The number of aliphatic hydroxyl groups excluding tert-OH is 1. The van der Waals surface area contributed by atoms with Crippen LogP contribution in [0.4, 0.5) is 0 Å². The quantitative estimate of drug-likeness (QED) is 0.700. The van der Waals surface area contributed by atoms with E-state index in [0.717, 1.165) is 49.0 Å². The minimum atomic E-state index is -1.12. The van der Waals surface area contributed by atoms with E-state index in [0.29, 0.717) is 0 Å². The van der Waals surface area contributed by atoms with Gasteiger partial charge in [-0.25, -0.2) is 0 Å². The molecule has 2 fully saturated rings. The molecule has 2 aliphatic rings. The summed E-state index contributed by atoms with van der Waals surface area (Å²) in [6, 6.07) is 7.80. The molecule has 0 radical (unpaired) electrons.